The van der Waals surface area contributed by atoms with Crippen LogP contribution in [0.1, 0.15) is 13.8 Å². The van der Waals surface area contributed by atoms with Crippen molar-refractivity contribution in [2.75, 3.05) is 11.9 Å². The second kappa shape index (κ2) is 5.88. The highest BCUT2D eigenvalue weighted by atomic mass is 19.1. The summed E-state index contributed by atoms with van der Waals surface area (Å²) in [5.74, 6) is -0.0917. The molecule has 118 valence electrons. The third-order valence-electron chi connectivity index (χ3n) is 4.05. The van der Waals surface area contributed by atoms with Gasteiger partial charge in [-0.3, -0.25) is 0 Å². The zero-order chi connectivity index (χ0) is 16.6. The van der Waals surface area contributed by atoms with Gasteiger partial charge in [0.2, 0.25) is 0 Å². The van der Waals surface area contributed by atoms with Crippen molar-refractivity contribution in [1.82, 2.24) is 4.98 Å². The Hall–Kier alpha value is -2.62. The fourth-order valence-electron chi connectivity index (χ4n) is 2.51. The Labute approximate surface area is 135 Å². The highest BCUT2D eigenvalue weighted by Gasteiger charge is 2.15. The van der Waals surface area contributed by atoms with Gasteiger partial charge < -0.3 is 10.0 Å². The summed E-state index contributed by atoms with van der Waals surface area (Å²) in [6.45, 7) is 4.21. The molecule has 1 heterocycles. The van der Waals surface area contributed by atoms with Crippen LogP contribution in [0.4, 0.5) is 10.1 Å². The summed E-state index contributed by atoms with van der Waals surface area (Å²) in [7, 11) is 2.01. The second-order valence-corrected chi connectivity index (χ2v) is 5.94. The molecular formula is C19H19FN2O. The first-order valence-corrected chi connectivity index (χ1v) is 7.58. The lowest BCUT2D eigenvalue weighted by atomic mass is 10.1. The van der Waals surface area contributed by atoms with Gasteiger partial charge in [-0.25, -0.2) is 9.37 Å². The Balaban J connectivity index is 2.27. The number of pyridine rings is 1. The van der Waals surface area contributed by atoms with Gasteiger partial charge in [0.25, 0.3) is 0 Å². The molecule has 0 radical (unpaired) electrons. The van der Waals surface area contributed by atoms with Crippen LogP contribution in [0.15, 0.2) is 48.5 Å². The lowest BCUT2D eigenvalue weighted by molar-refractivity contribution is 0.476. The molecule has 0 saturated heterocycles. The molecule has 0 saturated carbocycles. The molecule has 0 aliphatic heterocycles. The zero-order valence-electron chi connectivity index (χ0n) is 13.4. The fourth-order valence-corrected chi connectivity index (χ4v) is 2.51. The molecule has 0 atom stereocenters. The average molecular weight is 310 g/mol. The standard InChI is InChI=1S/C19H19FN2O/c1-12(2)22(3)18-10-14-6-9-16(23)11-17(14)21-19(18)13-4-7-15(20)8-5-13/h4-12,23H,1-3H3. The van der Waals surface area contributed by atoms with Gasteiger partial charge in [-0.2, -0.15) is 0 Å². The first-order valence-electron chi connectivity index (χ1n) is 7.58. The van der Waals surface area contributed by atoms with Crippen LogP contribution in [0.3, 0.4) is 0 Å². The van der Waals surface area contributed by atoms with Crippen LogP contribution in [-0.4, -0.2) is 23.2 Å². The van der Waals surface area contributed by atoms with Gasteiger partial charge in [0, 0.05) is 30.1 Å². The van der Waals surface area contributed by atoms with Crippen molar-refractivity contribution in [2.45, 2.75) is 19.9 Å². The largest absolute Gasteiger partial charge is 0.508 e. The van der Waals surface area contributed by atoms with Gasteiger partial charge in [0.05, 0.1) is 16.9 Å². The third kappa shape index (κ3) is 2.97. The number of halogens is 1. The first kappa shape index (κ1) is 15.3. The predicted octanol–water partition coefficient (Wildman–Crippen LogP) is 4.59. The number of hydrogen-bond acceptors (Lipinski definition) is 3. The zero-order valence-corrected chi connectivity index (χ0v) is 13.4. The minimum absolute atomic E-state index is 0.181. The first-order chi connectivity index (χ1) is 11.0. The third-order valence-corrected chi connectivity index (χ3v) is 4.05. The number of anilines is 1. The molecule has 2 aromatic carbocycles. The van der Waals surface area contributed by atoms with Gasteiger partial charge >= 0.3 is 0 Å². The minimum atomic E-state index is -0.272. The van der Waals surface area contributed by atoms with Crippen molar-refractivity contribution in [3.8, 4) is 17.0 Å². The quantitative estimate of drug-likeness (QED) is 0.768. The van der Waals surface area contributed by atoms with E-state index in [0.717, 1.165) is 22.3 Å². The van der Waals surface area contributed by atoms with Crippen molar-refractivity contribution >= 4 is 16.6 Å². The summed E-state index contributed by atoms with van der Waals surface area (Å²) in [5, 5.41) is 10.6. The minimum Gasteiger partial charge on any atom is -0.508 e. The van der Waals surface area contributed by atoms with Crippen LogP contribution in [0.5, 0.6) is 5.75 Å². The summed E-state index contributed by atoms with van der Waals surface area (Å²) < 4.78 is 13.2. The molecule has 0 fully saturated rings. The summed E-state index contributed by atoms with van der Waals surface area (Å²) in [5.41, 5.74) is 3.31. The number of nitrogens with zero attached hydrogens (tertiary/aromatic N) is 2. The van der Waals surface area contributed by atoms with Crippen LogP contribution >= 0.6 is 0 Å². The molecule has 3 nitrogen and oxygen atoms in total. The van der Waals surface area contributed by atoms with E-state index in [9.17, 15) is 9.50 Å². The van der Waals surface area contributed by atoms with E-state index >= 15 is 0 Å². The molecule has 3 rings (SSSR count). The number of benzene rings is 2. The van der Waals surface area contributed by atoms with Crippen molar-refractivity contribution in [2.24, 2.45) is 0 Å². The van der Waals surface area contributed by atoms with E-state index in [4.69, 9.17) is 4.98 Å². The monoisotopic (exact) mass is 310 g/mol. The van der Waals surface area contributed by atoms with Crippen molar-refractivity contribution in [3.63, 3.8) is 0 Å². The molecule has 0 unspecified atom stereocenters. The second-order valence-electron chi connectivity index (χ2n) is 5.94. The van der Waals surface area contributed by atoms with E-state index in [1.54, 1.807) is 24.3 Å². The Morgan fingerprint density at radius 1 is 1.04 bits per heavy atom. The van der Waals surface area contributed by atoms with E-state index in [1.807, 2.05) is 13.1 Å². The summed E-state index contributed by atoms with van der Waals surface area (Å²) in [6, 6.07) is 13.8. The average Bonchev–Trinajstić information content (AvgIpc) is 2.53. The van der Waals surface area contributed by atoms with E-state index in [0.29, 0.717) is 11.6 Å². The van der Waals surface area contributed by atoms with Crippen LogP contribution < -0.4 is 4.90 Å². The van der Waals surface area contributed by atoms with Crippen LogP contribution in [0.2, 0.25) is 0 Å². The van der Waals surface area contributed by atoms with Crippen molar-refractivity contribution < 1.29 is 9.50 Å². The van der Waals surface area contributed by atoms with Gasteiger partial charge in [-0.1, -0.05) is 0 Å². The molecule has 0 bridgehead atoms. The van der Waals surface area contributed by atoms with Crippen LogP contribution in [0.25, 0.3) is 22.2 Å². The Kier molecular flexibility index (Phi) is 3.90. The van der Waals surface area contributed by atoms with Crippen molar-refractivity contribution in [3.05, 3.63) is 54.3 Å². The van der Waals surface area contributed by atoms with Gasteiger partial charge in [-0.05, 0) is 56.3 Å². The topological polar surface area (TPSA) is 36.4 Å². The van der Waals surface area contributed by atoms with E-state index in [2.05, 4.69) is 24.8 Å². The SMILES string of the molecule is CC(C)N(C)c1cc2ccc(O)cc2nc1-c1ccc(F)cc1. The number of aromatic hydroxyl groups is 1. The Bertz CT molecular complexity index is 844. The highest BCUT2D eigenvalue weighted by molar-refractivity contribution is 5.90. The van der Waals surface area contributed by atoms with Gasteiger partial charge in [-0.15, -0.1) is 0 Å². The van der Waals surface area contributed by atoms with E-state index in [1.165, 1.54) is 12.1 Å². The lowest BCUT2D eigenvalue weighted by Gasteiger charge is -2.26. The summed E-state index contributed by atoms with van der Waals surface area (Å²) in [6.07, 6.45) is 0. The summed E-state index contributed by atoms with van der Waals surface area (Å²) >= 11 is 0. The number of phenolic OH excluding ortho intramolecular Hbond substituents is 1. The van der Waals surface area contributed by atoms with E-state index < -0.39 is 0 Å². The number of hydrogen-bond donors (Lipinski definition) is 1. The number of fused-ring (bicyclic) bond motifs is 1. The number of rotatable bonds is 3. The summed E-state index contributed by atoms with van der Waals surface area (Å²) in [4.78, 5) is 6.85. The predicted molar refractivity (Wildman–Crippen MR) is 92.3 cm³/mol. The molecule has 0 aliphatic carbocycles. The van der Waals surface area contributed by atoms with Crippen LogP contribution in [0, 0.1) is 5.82 Å². The molecule has 0 amide bonds. The maximum Gasteiger partial charge on any atom is 0.123 e. The molecule has 1 aromatic heterocycles. The number of aromatic nitrogens is 1. The molecule has 4 heteroatoms. The van der Waals surface area contributed by atoms with E-state index in [-0.39, 0.29) is 11.6 Å². The molecular weight excluding hydrogens is 291 g/mol. The Morgan fingerprint density at radius 3 is 2.39 bits per heavy atom. The Morgan fingerprint density at radius 2 is 1.74 bits per heavy atom. The van der Waals surface area contributed by atoms with Gasteiger partial charge in [0.1, 0.15) is 11.6 Å². The fraction of sp³-hybridized carbons (Fsp3) is 0.211. The molecule has 23 heavy (non-hydrogen) atoms. The normalized spacial score (nSPS) is 11.2. The molecule has 3 aromatic rings. The smallest absolute Gasteiger partial charge is 0.123 e. The molecule has 0 spiro atoms. The molecule has 1 N–H and O–H groups in total. The molecule has 0 aliphatic rings. The van der Waals surface area contributed by atoms with Crippen molar-refractivity contribution in [1.29, 1.82) is 0 Å². The number of phenols is 1. The van der Waals surface area contributed by atoms with Gasteiger partial charge in [0.15, 0.2) is 0 Å². The lowest BCUT2D eigenvalue weighted by Crippen LogP contribution is -2.26. The van der Waals surface area contributed by atoms with Crippen LogP contribution in [-0.2, 0) is 0 Å². The highest BCUT2D eigenvalue weighted by Crippen LogP contribution is 2.33. The maximum atomic E-state index is 13.2. The maximum absolute atomic E-state index is 13.2.